The third-order valence-corrected chi connectivity index (χ3v) is 5.67. The number of ether oxygens (including phenoxy) is 1. The molecule has 1 fully saturated rings. The average molecular weight is 454 g/mol. The summed E-state index contributed by atoms with van der Waals surface area (Å²) in [5, 5.41) is 21.3. The van der Waals surface area contributed by atoms with Crippen molar-refractivity contribution in [3.05, 3.63) is 59.7 Å². The first-order valence-corrected chi connectivity index (χ1v) is 11.3. The number of rotatable bonds is 7. The molecule has 0 radical (unpaired) electrons. The molecule has 1 aliphatic heterocycles. The standard InChI is InChI=1S/C23H29N3O.C2H2O4/c1-2-4-18(3-1)13-16-27-22-11-7-20(8-12-22)17-19-5-9-21(10-6-19)26-23-24-14-15-25-23;3-1(4)2(5)6/h5-12,18H,1-4,13-17H2,(H2,24,25,26);(H,3,4)(H,5,6). The maximum Gasteiger partial charge on any atom is 0.414 e. The second-order valence-corrected chi connectivity index (χ2v) is 8.20. The highest BCUT2D eigenvalue weighted by Crippen LogP contribution is 2.27. The topological polar surface area (TPSA) is 120 Å². The Morgan fingerprint density at radius 2 is 1.58 bits per heavy atom. The normalized spacial score (nSPS) is 15.1. The molecule has 4 N–H and O–H groups in total. The molecular formula is C25H31N3O5. The van der Waals surface area contributed by atoms with Gasteiger partial charge in [-0.15, -0.1) is 0 Å². The van der Waals surface area contributed by atoms with Crippen LogP contribution >= 0.6 is 0 Å². The van der Waals surface area contributed by atoms with Gasteiger partial charge in [0.25, 0.3) is 0 Å². The van der Waals surface area contributed by atoms with Crippen molar-refractivity contribution >= 4 is 23.6 Å². The number of hydrogen-bond acceptors (Lipinski definition) is 6. The van der Waals surface area contributed by atoms with Crippen LogP contribution in [0.4, 0.5) is 5.69 Å². The van der Waals surface area contributed by atoms with E-state index < -0.39 is 11.9 Å². The van der Waals surface area contributed by atoms with Crippen molar-refractivity contribution in [2.24, 2.45) is 10.9 Å². The van der Waals surface area contributed by atoms with Crippen molar-refractivity contribution in [2.45, 2.75) is 38.5 Å². The van der Waals surface area contributed by atoms with Crippen molar-refractivity contribution in [2.75, 3.05) is 25.0 Å². The highest BCUT2D eigenvalue weighted by Gasteiger charge is 2.14. The third kappa shape index (κ3) is 8.48. The molecule has 0 amide bonds. The summed E-state index contributed by atoms with van der Waals surface area (Å²) in [6.45, 7) is 2.61. The minimum Gasteiger partial charge on any atom is -0.494 e. The van der Waals surface area contributed by atoms with Crippen LogP contribution in [-0.2, 0) is 16.0 Å². The molecule has 33 heavy (non-hydrogen) atoms. The molecule has 0 bridgehead atoms. The lowest BCUT2D eigenvalue weighted by Crippen LogP contribution is -2.26. The smallest absolute Gasteiger partial charge is 0.414 e. The second-order valence-electron chi connectivity index (χ2n) is 8.20. The molecule has 0 spiro atoms. The average Bonchev–Trinajstić information content (AvgIpc) is 3.51. The van der Waals surface area contributed by atoms with Crippen molar-refractivity contribution in [3.63, 3.8) is 0 Å². The Morgan fingerprint density at radius 1 is 0.970 bits per heavy atom. The van der Waals surface area contributed by atoms with Crippen molar-refractivity contribution in [3.8, 4) is 5.75 Å². The first-order valence-electron chi connectivity index (χ1n) is 11.3. The Hall–Kier alpha value is -3.55. The van der Waals surface area contributed by atoms with E-state index in [0.29, 0.717) is 0 Å². The predicted molar refractivity (Wildman–Crippen MR) is 127 cm³/mol. The van der Waals surface area contributed by atoms with Crippen molar-refractivity contribution < 1.29 is 24.5 Å². The van der Waals surface area contributed by atoms with Gasteiger partial charge in [0.1, 0.15) is 5.75 Å². The summed E-state index contributed by atoms with van der Waals surface area (Å²) >= 11 is 0. The molecule has 0 aromatic heterocycles. The van der Waals surface area contributed by atoms with Crippen LogP contribution in [0.5, 0.6) is 5.75 Å². The van der Waals surface area contributed by atoms with Crippen LogP contribution in [-0.4, -0.2) is 47.8 Å². The maximum absolute atomic E-state index is 9.10. The number of carboxylic acids is 2. The van der Waals surface area contributed by atoms with Crippen LogP contribution < -0.4 is 15.4 Å². The molecule has 176 valence electrons. The second kappa shape index (κ2) is 12.5. The Morgan fingerprint density at radius 3 is 2.12 bits per heavy atom. The fourth-order valence-electron chi connectivity index (χ4n) is 3.91. The molecule has 2 aromatic rings. The quantitative estimate of drug-likeness (QED) is 0.471. The van der Waals surface area contributed by atoms with E-state index in [1.54, 1.807) is 0 Å². The zero-order valence-corrected chi connectivity index (χ0v) is 18.6. The van der Waals surface area contributed by atoms with Gasteiger partial charge >= 0.3 is 11.9 Å². The summed E-state index contributed by atoms with van der Waals surface area (Å²) in [7, 11) is 0. The third-order valence-electron chi connectivity index (χ3n) is 5.67. The molecule has 1 heterocycles. The van der Waals surface area contributed by atoms with Gasteiger partial charge in [0.05, 0.1) is 13.2 Å². The lowest BCUT2D eigenvalue weighted by atomic mass is 10.0. The number of anilines is 1. The molecule has 0 atom stereocenters. The van der Waals surface area contributed by atoms with E-state index in [1.807, 2.05) is 0 Å². The van der Waals surface area contributed by atoms with Gasteiger partial charge in [-0.3, -0.25) is 4.99 Å². The predicted octanol–water partition coefficient (Wildman–Crippen LogP) is 3.76. The molecule has 1 aliphatic carbocycles. The van der Waals surface area contributed by atoms with E-state index in [4.69, 9.17) is 24.5 Å². The van der Waals surface area contributed by atoms with Gasteiger partial charge < -0.3 is 25.6 Å². The Balaban J connectivity index is 0.000000454. The Labute approximate surface area is 193 Å². The number of carboxylic acid groups (broad SMARTS) is 2. The van der Waals surface area contributed by atoms with Gasteiger partial charge in [-0.1, -0.05) is 49.9 Å². The molecule has 0 saturated heterocycles. The number of carbonyl (C=O) groups is 2. The molecule has 2 aliphatic rings. The van der Waals surface area contributed by atoms with Gasteiger partial charge in [-0.05, 0) is 54.2 Å². The van der Waals surface area contributed by atoms with E-state index >= 15 is 0 Å². The summed E-state index contributed by atoms with van der Waals surface area (Å²) < 4.78 is 5.93. The Bertz CT molecular complexity index is 924. The lowest BCUT2D eigenvalue weighted by Gasteiger charge is -2.11. The number of hydrogen-bond donors (Lipinski definition) is 4. The zero-order chi connectivity index (χ0) is 23.5. The first-order chi connectivity index (χ1) is 16.0. The zero-order valence-electron chi connectivity index (χ0n) is 18.6. The lowest BCUT2D eigenvalue weighted by molar-refractivity contribution is -0.159. The number of aliphatic carboxylic acids is 2. The minimum atomic E-state index is -1.82. The van der Waals surface area contributed by atoms with Gasteiger partial charge in [-0.2, -0.15) is 0 Å². The van der Waals surface area contributed by atoms with Gasteiger partial charge in [0.2, 0.25) is 0 Å². The fraction of sp³-hybridized carbons (Fsp3) is 0.400. The van der Waals surface area contributed by atoms with E-state index in [2.05, 4.69) is 64.2 Å². The van der Waals surface area contributed by atoms with Gasteiger partial charge in [0.15, 0.2) is 5.96 Å². The monoisotopic (exact) mass is 453 g/mol. The first kappa shape index (κ1) is 24.1. The van der Waals surface area contributed by atoms with Gasteiger partial charge in [-0.25, -0.2) is 9.59 Å². The maximum atomic E-state index is 9.10. The van der Waals surface area contributed by atoms with Crippen LogP contribution in [0.1, 0.15) is 43.2 Å². The fourth-order valence-corrected chi connectivity index (χ4v) is 3.91. The van der Waals surface area contributed by atoms with Crippen molar-refractivity contribution in [1.82, 2.24) is 5.32 Å². The molecule has 8 heteroatoms. The molecule has 8 nitrogen and oxygen atoms in total. The van der Waals surface area contributed by atoms with E-state index in [-0.39, 0.29) is 0 Å². The number of guanidine groups is 1. The van der Waals surface area contributed by atoms with Crippen LogP contribution in [0.15, 0.2) is 53.5 Å². The number of aliphatic imine (C=N–C) groups is 1. The number of nitrogens with one attached hydrogen (secondary N) is 2. The molecule has 4 rings (SSSR count). The molecule has 0 unspecified atom stereocenters. The molecular weight excluding hydrogens is 422 g/mol. The van der Waals surface area contributed by atoms with E-state index in [9.17, 15) is 0 Å². The van der Waals surface area contributed by atoms with Crippen LogP contribution in [0.25, 0.3) is 0 Å². The SMILES string of the molecule is O=C(O)C(=O)O.c1cc(NC2=NCCN2)ccc1Cc1ccc(OCCC2CCCC2)cc1. The van der Waals surface area contributed by atoms with E-state index in [1.165, 1.54) is 43.2 Å². The summed E-state index contributed by atoms with van der Waals surface area (Å²) in [4.78, 5) is 22.6. The summed E-state index contributed by atoms with van der Waals surface area (Å²) in [5.74, 6) is -0.907. The van der Waals surface area contributed by atoms with Gasteiger partial charge in [0, 0.05) is 12.2 Å². The summed E-state index contributed by atoms with van der Waals surface area (Å²) in [6.07, 6.45) is 7.72. The molecule has 2 aromatic carbocycles. The minimum absolute atomic E-state index is 0.846. The molecule has 1 saturated carbocycles. The number of benzene rings is 2. The number of nitrogens with zero attached hydrogens (tertiary/aromatic N) is 1. The largest absolute Gasteiger partial charge is 0.494 e. The highest BCUT2D eigenvalue weighted by molar-refractivity contribution is 6.27. The summed E-state index contributed by atoms with van der Waals surface area (Å²) in [6, 6.07) is 17.1. The van der Waals surface area contributed by atoms with Crippen molar-refractivity contribution in [1.29, 1.82) is 0 Å². The van der Waals surface area contributed by atoms with Crippen LogP contribution in [0, 0.1) is 5.92 Å². The Kier molecular flexibility index (Phi) is 9.11. The van der Waals surface area contributed by atoms with Crippen LogP contribution in [0.2, 0.25) is 0 Å². The van der Waals surface area contributed by atoms with Crippen LogP contribution in [0.3, 0.4) is 0 Å². The highest BCUT2D eigenvalue weighted by atomic mass is 16.5. The van der Waals surface area contributed by atoms with E-state index in [0.717, 1.165) is 49.4 Å². The summed E-state index contributed by atoms with van der Waals surface area (Å²) in [5.41, 5.74) is 3.68.